The van der Waals surface area contributed by atoms with Gasteiger partial charge in [-0.3, -0.25) is 9.20 Å². The van der Waals surface area contributed by atoms with Gasteiger partial charge in [0.05, 0.1) is 24.1 Å². The maximum atomic E-state index is 11.3. The van der Waals surface area contributed by atoms with Gasteiger partial charge < -0.3 is 13.9 Å². The van der Waals surface area contributed by atoms with Gasteiger partial charge in [0, 0.05) is 25.1 Å². The molecule has 0 saturated carbocycles. The molecule has 0 unspecified atom stereocenters. The number of hydrogen-bond donors (Lipinski definition) is 0. The van der Waals surface area contributed by atoms with E-state index in [2.05, 4.69) is 12.1 Å². The third-order valence-electron chi connectivity index (χ3n) is 5.36. The zero-order chi connectivity index (χ0) is 23.3. The molecule has 0 radical (unpaired) electrons. The highest BCUT2D eigenvalue weighted by Gasteiger charge is 2.20. The summed E-state index contributed by atoms with van der Waals surface area (Å²) in [7, 11) is 0. The van der Waals surface area contributed by atoms with Crippen LogP contribution in [0.25, 0.3) is 16.9 Å². The van der Waals surface area contributed by atoms with Gasteiger partial charge in [0.1, 0.15) is 11.5 Å². The monoisotopic (exact) mass is 453 g/mol. The highest BCUT2D eigenvalue weighted by molar-refractivity contribution is 5.66. The summed E-state index contributed by atoms with van der Waals surface area (Å²) in [5.41, 5.74) is 5.06. The lowest BCUT2D eigenvalue weighted by atomic mass is 10.1. The van der Waals surface area contributed by atoms with E-state index in [0.29, 0.717) is 30.1 Å². The second-order valence-corrected chi connectivity index (χ2v) is 7.81. The van der Waals surface area contributed by atoms with Gasteiger partial charge in [-0.05, 0) is 17.7 Å². The number of hydrogen-bond acceptors (Lipinski definition) is 6. The van der Waals surface area contributed by atoms with Crippen LogP contribution in [0.1, 0.15) is 29.6 Å². The van der Waals surface area contributed by atoms with Crippen LogP contribution in [0.15, 0.2) is 89.7 Å². The highest BCUT2D eigenvalue weighted by Crippen LogP contribution is 2.29. The fraction of sp³-hybridized carbons (Fsp3) is 0.148. The van der Waals surface area contributed by atoms with E-state index in [1.807, 2.05) is 71.3 Å². The number of fused-ring (bicyclic) bond motifs is 1. The molecule has 0 amide bonds. The summed E-state index contributed by atoms with van der Waals surface area (Å²) in [6, 6.07) is 23.8. The number of ether oxygens (including phenoxy) is 2. The van der Waals surface area contributed by atoms with E-state index >= 15 is 0 Å². The van der Waals surface area contributed by atoms with Gasteiger partial charge in [-0.1, -0.05) is 60.7 Å². The summed E-state index contributed by atoms with van der Waals surface area (Å²) >= 11 is 0. The van der Waals surface area contributed by atoms with Crippen molar-refractivity contribution in [2.24, 2.45) is 0 Å². The molecule has 0 aliphatic carbocycles. The summed E-state index contributed by atoms with van der Waals surface area (Å²) in [5, 5.41) is 0. The highest BCUT2D eigenvalue weighted by atomic mass is 16.7. The van der Waals surface area contributed by atoms with E-state index in [0.717, 1.165) is 28.3 Å². The molecule has 0 spiro atoms. The van der Waals surface area contributed by atoms with Gasteiger partial charge in [-0.15, -0.1) is 0 Å². The first-order chi connectivity index (χ1) is 16.7. The Bertz CT molecular complexity index is 1390. The summed E-state index contributed by atoms with van der Waals surface area (Å²) in [4.78, 5) is 21.2. The van der Waals surface area contributed by atoms with Crippen LogP contribution in [0.2, 0.25) is 0 Å². The lowest BCUT2D eigenvalue weighted by molar-refractivity contribution is -0.147. The van der Waals surface area contributed by atoms with E-state index in [9.17, 15) is 4.79 Å². The smallest absolute Gasteiger partial charge is 0.305 e. The SMILES string of the molecule is CC(=O)OCOc1c(Cc2ccco2)nc2c(Cc3ccccc3)nc(-c3ccccc3)cn12. The van der Waals surface area contributed by atoms with Gasteiger partial charge >= 0.3 is 5.97 Å². The van der Waals surface area contributed by atoms with E-state index < -0.39 is 5.97 Å². The van der Waals surface area contributed by atoms with Crippen molar-refractivity contribution in [3.63, 3.8) is 0 Å². The van der Waals surface area contributed by atoms with E-state index in [1.54, 1.807) is 6.26 Å². The first-order valence-electron chi connectivity index (χ1n) is 11.0. The molecule has 0 N–H and O–H groups in total. The van der Waals surface area contributed by atoms with Gasteiger partial charge in [-0.2, -0.15) is 0 Å². The third kappa shape index (κ3) is 4.68. The summed E-state index contributed by atoms with van der Waals surface area (Å²) in [6.45, 7) is 1.13. The molecule has 3 aromatic heterocycles. The molecule has 0 fully saturated rings. The number of esters is 1. The Morgan fingerprint density at radius 3 is 2.38 bits per heavy atom. The van der Waals surface area contributed by atoms with Crippen molar-refractivity contribution in [3.05, 3.63) is 108 Å². The van der Waals surface area contributed by atoms with Gasteiger partial charge in [0.25, 0.3) is 0 Å². The lowest BCUT2D eigenvalue weighted by Crippen LogP contribution is -2.09. The van der Waals surface area contributed by atoms with Crippen LogP contribution < -0.4 is 4.74 Å². The fourth-order valence-electron chi connectivity index (χ4n) is 3.80. The van der Waals surface area contributed by atoms with Gasteiger partial charge in [0.15, 0.2) is 5.65 Å². The molecule has 0 aliphatic rings. The van der Waals surface area contributed by atoms with Crippen LogP contribution in [0.4, 0.5) is 0 Å². The zero-order valence-electron chi connectivity index (χ0n) is 18.7. The van der Waals surface area contributed by atoms with Crippen molar-refractivity contribution in [1.82, 2.24) is 14.4 Å². The number of rotatable bonds is 8. The minimum atomic E-state index is -0.419. The molecule has 0 bridgehead atoms. The summed E-state index contributed by atoms with van der Waals surface area (Å²) in [6.07, 6.45) is 4.56. The number of aromatic nitrogens is 3. The lowest BCUT2D eigenvalue weighted by Gasteiger charge is -2.11. The molecule has 7 nitrogen and oxygen atoms in total. The van der Waals surface area contributed by atoms with Crippen molar-refractivity contribution >= 4 is 11.6 Å². The maximum Gasteiger partial charge on any atom is 0.305 e. The predicted octanol–water partition coefficient (Wildman–Crippen LogP) is 5.07. The molecule has 170 valence electrons. The number of nitrogens with zero attached hydrogens (tertiary/aromatic N) is 3. The van der Waals surface area contributed by atoms with Crippen LogP contribution in [-0.2, 0) is 22.4 Å². The Morgan fingerprint density at radius 1 is 0.912 bits per heavy atom. The molecule has 5 aromatic rings. The maximum absolute atomic E-state index is 11.3. The van der Waals surface area contributed by atoms with E-state index in [4.69, 9.17) is 23.9 Å². The van der Waals surface area contributed by atoms with E-state index in [-0.39, 0.29) is 6.79 Å². The minimum Gasteiger partial charge on any atom is -0.469 e. The number of benzene rings is 2. The van der Waals surface area contributed by atoms with Gasteiger partial charge in [-0.25, -0.2) is 9.97 Å². The summed E-state index contributed by atoms with van der Waals surface area (Å²) in [5.74, 6) is 0.820. The van der Waals surface area contributed by atoms with Gasteiger partial charge in [0.2, 0.25) is 12.7 Å². The zero-order valence-corrected chi connectivity index (χ0v) is 18.7. The molecule has 0 saturated heterocycles. The first-order valence-corrected chi connectivity index (χ1v) is 11.0. The van der Waals surface area contributed by atoms with Crippen LogP contribution in [0, 0.1) is 0 Å². The molecule has 5 rings (SSSR count). The van der Waals surface area contributed by atoms with Crippen LogP contribution >= 0.6 is 0 Å². The Kier molecular flexibility index (Phi) is 6.07. The molecular formula is C27H23N3O4. The average Bonchev–Trinajstić information content (AvgIpc) is 3.49. The van der Waals surface area contributed by atoms with Crippen LogP contribution in [0.5, 0.6) is 5.88 Å². The second kappa shape index (κ2) is 9.62. The second-order valence-electron chi connectivity index (χ2n) is 7.81. The van der Waals surface area contributed by atoms with Crippen LogP contribution in [0.3, 0.4) is 0 Å². The number of carbonyl (C=O) groups excluding carboxylic acids is 1. The summed E-state index contributed by atoms with van der Waals surface area (Å²) < 4.78 is 18.4. The van der Waals surface area contributed by atoms with Crippen molar-refractivity contribution in [2.75, 3.05) is 6.79 Å². The third-order valence-corrected chi connectivity index (χ3v) is 5.36. The minimum absolute atomic E-state index is 0.217. The number of carbonyl (C=O) groups is 1. The standard InChI is InChI=1S/C27H23N3O4/c1-19(31)33-18-34-27-24(16-22-13-8-14-32-22)29-26-23(15-20-9-4-2-5-10-20)28-25(17-30(26)27)21-11-6-3-7-12-21/h2-14,17H,15-16,18H2,1H3. The molecule has 7 heteroatoms. The Balaban J connectivity index is 1.66. The van der Waals surface area contributed by atoms with E-state index in [1.165, 1.54) is 6.92 Å². The number of furan rings is 1. The molecule has 0 atom stereocenters. The average molecular weight is 453 g/mol. The first kappa shape index (κ1) is 21.5. The molecule has 0 aliphatic heterocycles. The van der Waals surface area contributed by atoms with Crippen molar-refractivity contribution in [1.29, 1.82) is 0 Å². The fourth-order valence-corrected chi connectivity index (χ4v) is 3.80. The topological polar surface area (TPSA) is 78.9 Å². The Morgan fingerprint density at radius 2 is 1.68 bits per heavy atom. The Labute approximate surface area is 196 Å². The normalized spacial score (nSPS) is 11.0. The van der Waals surface area contributed by atoms with Crippen molar-refractivity contribution in [3.8, 4) is 17.1 Å². The molecule has 34 heavy (non-hydrogen) atoms. The molecule has 3 heterocycles. The molecular weight excluding hydrogens is 430 g/mol. The van der Waals surface area contributed by atoms with Crippen LogP contribution in [-0.4, -0.2) is 27.1 Å². The van der Waals surface area contributed by atoms with Crippen molar-refractivity contribution < 1.29 is 18.7 Å². The predicted molar refractivity (Wildman–Crippen MR) is 126 cm³/mol. The largest absolute Gasteiger partial charge is 0.469 e. The Hall–Kier alpha value is -4.39. The molecule has 2 aromatic carbocycles. The quantitative estimate of drug-likeness (QED) is 0.241. The number of imidazole rings is 1. The van der Waals surface area contributed by atoms with Crippen molar-refractivity contribution in [2.45, 2.75) is 19.8 Å².